The zero-order chi connectivity index (χ0) is 18.8. The second-order valence-electron chi connectivity index (χ2n) is 5.76. The van der Waals surface area contributed by atoms with Crippen molar-refractivity contribution in [2.45, 2.75) is 38.5 Å². The van der Waals surface area contributed by atoms with E-state index in [0.717, 1.165) is 6.07 Å². The first-order chi connectivity index (χ1) is 11.6. The fraction of sp³-hybridized carbons (Fsp3) is 0.500. The third-order valence-electron chi connectivity index (χ3n) is 4.25. The van der Waals surface area contributed by atoms with Gasteiger partial charge in [0.2, 0.25) is 5.91 Å². The summed E-state index contributed by atoms with van der Waals surface area (Å²) in [6.45, 7) is 2.62. The van der Waals surface area contributed by atoms with Crippen molar-refractivity contribution in [2.75, 3.05) is 11.9 Å². The predicted molar refractivity (Wildman–Crippen MR) is 86.4 cm³/mol. The van der Waals surface area contributed by atoms with Crippen molar-refractivity contribution in [3.8, 4) is 0 Å². The lowest BCUT2D eigenvalue weighted by molar-refractivity contribution is -0.262. The Morgan fingerprint density at radius 1 is 1.36 bits per heavy atom. The van der Waals surface area contributed by atoms with E-state index in [9.17, 15) is 22.8 Å². The highest BCUT2D eigenvalue weighted by Gasteiger charge is 2.62. The third-order valence-corrected chi connectivity index (χ3v) is 4.48. The monoisotopic (exact) mass is 378 g/mol. The van der Waals surface area contributed by atoms with Gasteiger partial charge in [0.05, 0.1) is 12.2 Å². The number of ether oxygens (including phenoxy) is 1. The molecular formula is C16H18ClF3N2O3. The van der Waals surface area contributed by atoms with E-state index in [2.05, 4.69) is 15.4 Å². The number of benzene rings is 1. The molecule has 1 unspecified atom stereocenters. The van der Waals surface area contributed by atoms with Crippen molar-refractivity contribution < 1.29 is 27.5 Å². The summed E-state index contributed by atoms with van der Waals surface area (Å²) in [7, 11) is 0. The van der Waals surface area contributed by atoms with Gasteiger partial charge in [-0.25, -0.2) is 4.79 Å². The first-order valence-corrected chi connectivity index (χ1v) is 8.16. The number of amides is 2. The molecule has 25 heavy (non-hydrogen) atoms. The average Bonchev–Trinajstić information content (AvgIpc) is 2.53. The largest absolute Gasteiger partial charge is 0.434 e. The van der Waals surface area contributed by atoms with Crippen LogP contribution in [0.15, 0.2) is 18.2 Å². The molecule has 1 heterocycles. The zero-order valence-electron chi connectivity index (χ0n) is 13.7. The quantitative estimate of drug-likeness (QED) is 0.806. The highest BCUT2D eigenvalue weighted by Crippen LogP contribution is 2.47. The smallest absolute Gasteiger partial charge is 0.426 e. The molecule has 0 aromatic heterocycles. The SMILES string of the molecule is CCC(CC)C(=O)NCC1(C(F)(F)F)OC(=O)Nc2ccc(Cl)cc21. The maximum Gasteiger partial charge on any atom is 0.434 e. The first-order valence-electron chi connectivity index (χ1n) is 7.79. The Labute approximate surface area is 147 Å². The van der Waals surface area contributed by atoms with E-state index in [0.29, 0.717) is 12.8 Å². The van der Waals surface area contributed by atoms with Crippen molar-refractivity contribution >= 4 is 29.3 Å². The molecule has 0 radical (unpaired) electrons. The number of anilines is 1. The molecule has 0 saturated heterocycles. The zero-order valence-corrected chi connectivity index (χ0v) is 14.4. The summed E-state index contributed by atoms with van der Waals surface area (Å²) >= 11 is 5.83. The number of nitrogens with one attached hydrogen (secondary N) is 2. The summed E-state index contributed by atoms with van der Waals surface area (Å²) < 4.78 is 46.4. The molecule has 1 atom stereocenters. The predicted octanol–water partition coefficient (Wildman–Crippen LogP) is 4.21. The molecule has 2 rings (SSSR count). The van der Waals surface area contributed by atoms with E-state index in [1.165, 1.54) is 12.1 Å². The third kappa shape index (κ3) is 3.68. The van der Waals surface area contributed by atoms with Gasteiger partial charge < -0.3 is 10.1 Å². The van der Waals surface area contributed by atoms with Gasteiger partial charge in [0.25, 0.3) is 5.60 Å². The Kier molecular flexibility index (Phi) is 5.51. The fourth-order valence-electron chi connectivity index (χ4n) is 2.77. The normalized spacial score (nSPS) is 19.9. The summed E-state index contributed by atoms with van der Waals surface area (Å²) in [6.07, 6.45) is -5.22. The Bertz CT molecular complexity index is 677. The molecular weight excluding hydrogens is 361 g/mol. The first kappa shape index (κ1) is 19.4. The van der Waals surface area contributed by atoms with Crippen LogP contribution in [-0.2, 0) is 15.1 Å². The molecule has 1 aromatic rings. The van der Waals surface area contributed by atoms with Gasteiger partial charge >= 0.3 is 12.3 Å². The molecule has 0 spiro atoms. The van der Waals surface area contributed by atoms with Crippen LogP contribution in [0.1, 0.15) is 32.3 Å². The molecule has 5 nitrogen and oxygen atoms in total. The Balaban J connectivity index is 2.45. The number of carbonyl (C=O) groups is 2. The molecule has 1 aliphatic heterocycles. The lowest BCUT2D eigenvalue weighted by Gasteiger charge is -2.39. The molecule has 0 bridgehead atoms. The second kappa shape index (κ2) is 7.11. The van der Waals surface area contributed by atoms with Crippen LogP contribution in [0.4, 0.5) is 23.7 Å². The minimum Gasteiger partial charge on any atom is -0.426 e. The standard InChI is InChI=1S/C16H18ClF3N2O3/c1-3-9(4-2)13(23)21-8-15(16(18,19)20)11-7-10(17)5-6-12(11)22-14(24)25-15/h5-7,9H,3-4,8H2,1-2H3,(H,21,23)(H,22,24). The lowest BCUT2D eigenvalue weighted by Crippen LogP contribution is -2.57. The van der Waals surface area contributed by atoms with Gasteiger partial charge in [-0.05, 0) is 31.0 Å². The van der Waals surface area contributed by atoms with Crippen LogP contribution in [0.25, 0.3) is 0 Å². The van der Waals surface area contributed by atoms with Gasteiger partial charge in [-0.15, -0.1) is 0 Å². The molecule has 0 aliphatic carbocycles. The van der Waals surface area contributed by atoms with Crippen LogP contribution < -0.4 is 10.6 Å². The van der Waals surface area contributed by atoms with Gasteiger partial charge in [0.15, 0.2) is 0 Å². The van der Waals surface area contributed by atoms with Crippen molar-refractivity contribution in [3.05, 3.63) is 28.8 Å². The molecule has 9 heteroatoms. The molecule has 2 amide bonds. The molecule has 1 aromatic carbocycles. The molecule has 2 N–H and O–H groups in total. The van der Waals surface area contributed by atoms with Gasteiger partial charge in [0, 0.05) is 16.5 Å². The maximum absolute atomic E-state index is 13.9. The number of halogens is 4. The summed E-state index contributed by atoms with van der Waals surface area (Å²) in [5.41, 5.74) is -3.41. The van der Waals surface area contributed by atoms with Crippen LogP contribution >= 0.6 is 11.6 Å². The van der Waals surface area contributed by atoms with Crippen LogP contribution in [0.3, 0.4) is 0 Å². The fourth-order valence-corrected chi connectivity index (χ4v) is 2.94. The number of carbonyl (C=O) groups excluding carboxylic acids is 2. The number of hydrogen-bond acceptors (Lipinski definition) is 3. The number of rotatable bonds is 5. The van der Waals surface area contributed by atoms with E-state index in [1.807, 2.05) is 0 Å². The van der Waals surface area contributed by atoms with Crippen molar-refractivity contribution in [3.63, 3.8) is 0 Å². The van der Waals surface area contributed by atoms with Gasteiger partial charge in [-0.3, -0.25) is 10.1 Å². The second-order valence-corrected chi connectivity index (χ2v) is 6.20. The Hall–Kier alpha value is -1.96. The van der Waals surface area contributed by atoms with E-state index >= 15 is 0 Å². The minimum absolute atomic E-state index is 0.0541. The molecule has 138 valence electrons. The van der Waals surface area contributed by atoms with Crippen LogP contribution in [0.5, 0.6) is 0 Å². The highest BCUT2D eigenvalue weighted by atomic mass is 35.5. The maximum atomic E-state index is 13.9. The summed E-state index contributed by atoms with van der Waals surface area (Å²) in [6, 6.07) is 3.70. The van der Waals surface area contributed by atoms with E-state index in [1.54, 1.807) is 13.8 Å². The Morgan fingerprint density at radius 2 is 2.00 bits per heavy atom. The number of fused-ring (bicyclic) bond motifs is 1. The highest BCUT2D eigenvalue weighted by molar-refractivity contribution is 6.30. The number of cyclic esters (lactones) is 1. The minimum atomic E-state index is -4.95. The molecule has 1 aliphatic rings. The van der Waals surface area contributed by atoms with Crippen LogP contribution in [-0.4, -0.2) is 24.7 Å². The Morgan fingerprint density at radius 3 is 2.56 bits per heavy atom. The number of hydrogen-bond donors (Lipinski definition) is 2. The average molecular weight is 379 g/mol. The molecule has 0 saturated carbocycles. The van der Waals surface area contributed by atoms with E-state index in [-0.39, 0.29) is 16.3 Å². The van der Waals surface area contributed by atoms with Crippen LogP contribution in [0, 0.1) is 5.92 Å². The summed E-state index contributed by atoms with van der Waals surface area (Å²) in [5.74, 6) is -0.937. The van der Waals surface area contributed by atoms with Gasteiger partial charge in [-0.2, -0.15) is 13.2 Å². The number of alkyl halides is 3. The van der Waals surface area contributed by atoms with Crippen molar-refractivity contribution in [1.82, 2.24) is 5.32 Å². The lowest BCUT2D eigenvalue weighted by atomic mass is 9.89. The van der Waals surface area contributed by atoms with Crippen molar-refractivity contribution in [2.24, 2.45) is 5.92 Å². The topological polar surface area (TPSA) is 67.4 Å². The van der Waals surface area contributed by atoms with Crippen molar-refractivity contribution in [1.29, 1.82) is 0 Å². The van der Waals surface area contributed by atoms with Crippen LogP contribution in [0.2, 0.25) is 5.02 Å². The molecule has 0 fully saturated rings. The summed E-state index contributed by atoms with van der Waals surface area (Å²) in [5, 5.41) is 4.54. The van der Waals surface area contributed by atoms with Gasteiger partial charge in [-0.1, -0.05) is 25.4 Å². The van der Waals surface area contributed by atoms with E-state index in [4.69, 9.17) is 11.6 Å². The summed E-state index contributed by atoms with van der Waals surface area (Å²) in [4.78, 5) is 23.8. The van der Waals surface area contributed by atoms with E-state index < -0.39 is 36.2 Å². The van der Waals surface area contributed by atoms with Gasteiger partial charge in [0.1, 0.15) is 0 Å².